The fraction of sp³-hybridized carbons (Fsp3) is 0.0769. The van der Waals surface area contributed by atoms with Gasteiger partial charge in [0.25, 0.3) is 0 Å². The molecule has 0 saturated heterocycles. The molecule has 0 saturated carbocycles. The molecule has 270 valence electrons. The Morgan fingerprint density at radius 1 is 0.304 bits per heavy atom. The van der Waals surface area contributed by atoms with E-state index in [-0.39, 0.29) is 0 Å². The molecule has 2 heterocycles. The number of hydrogen-bond acceptors (Lipinski definition) is 4. The molecule has 0 aromatic heterocycles. The van der Waals surface area contributed by atoms with Gasteiger partial charge >= 0.3 is 0 Å². The first kappa shape index (κ1) is 34.5. The summed E-state index contributed by atoms with van der Waals surface area (Å²) in [7, 11) is 0. The third kappa shape index (κ3) is 6.92. The number of thioether (sulfide) groups is 2. The van der Waals surface area contributed by atoms with Gasteiger partial charge in [-0.3, -0.25) is 0 Å². The summed E-state index contributed by atoms with van der Waals surface area (Å²) in [6.45, 7) is 0. The highest BCUT2D eigenvalue weighted by molar-refractivity contribution is 8.00. The first-order chi connectivity index (χ1) is 27.7. The van der Waals surface area contributed by atoms with Gasteiger partial charge in [-0.15, -0.1) is 23.5 Å². The van der Waals surface area contributed by atoms with E-state index >= 15 is 0 Å². The molecule has 10 rings (SSSR count). The maximum absolute atomic E-state index is 2.35. The summed E-state index contributed by atoms with van der Waals surface area (Å²) in [6, 6.07) is 75.2. The second kappa shape index (κ2) is 15.3. The lowest BCUT2D eigenvalue weighted by Crippen LogP contribution is -2.10. The van der Waals surface area contributed by atoms with Gasteiger partial charge in [0, 0.05) is 54.4 Å². The van der Waals surface area contributed by atoms with Crippen molar-refractivity contribution < 1.29 is 0 Å². The van der Waals surface area contributed by atoms with Gasteiger partial charge in [0.05, 0.1) is 0 Å². The first-order valence-electron chi connectivity index (χ1n) is 19.3. The van der Waals surface area contributed by atoms with Crippen LogP contribution in [-0.4, -0.2) is 0 Å². The molecule has 0 radical (unpaired) electrons. The van der Waals surface area contributed by atoms with Crippen molar-refractivity contribution in [1.82, 2.24) is 0 Å². The summed E-state index contributed by atoms with van der Waals surface area (Å²) in [5.74, 6) is 0. The smallest absolute Gasteiger partial charge is 0.0462 e. The Balaban J connectivity index is 0.896. The van der Waals surface area contributed by atoms with E-state index in [1.54, 1.807) is 0 Å². The van der Waals surface area contributed by atoms with Gasteiger partial charge in [-0.25, -0.2) is 0 Å². The SMILES string of the molecule is c1ccc(N(c2ccc(-c3ccc(N(c4ccccc4)c4ccc(C5Cc6ccccc6S5)cc4)cc3)cc2)c2ccc(C3Cc4ccccc4S3)cc2)cc1. The molecule has 0 N–H and O–H groups in total. The van der Waals surface area contributed by atoms with Gasteiger partial charge in [0.15, 0.2) is 0 Å². The van der Waals surface area contributed by atoms with Crippen LogP contribution in [0.15, 0.2) is 216 Å². The van der Waals surface area contributed by atoms with Gasteiger partial charge in [0.1, 0.15) is 0 Å². The fourth-order valence-corrected chi connectivity index (χ4v) is 10.7. The Hall–Kier alpha value is -5.94. The van der Waals surface area contributed by atoms with Crippen molar-refractivity contribution in [3.05, 3.63) is 229 Å². The van der Waals surface area contributed by atoms with Crippen LogP contribution in [0.1, 0.15) is 32.8 Å². The summed E-state index contributed by atoms with van der Waals surface area (Å²) in [6.07, 6.45) is 2.16. The summed E-state index contributed by atoms with van der Waals surface area (Å²) in [5.41, 5.74) is 14.9. The molecule has 0 spiro atoms. The lowest BCUT2D eigenvalue weighted by molar-refractivity contribution is 0.949. The van der Waals surface area contributed by atoms with Gasteiger partial charge in [-0.2, -0.15) is 0 Å². The zero-order chi connectivity index (χ0) is 37.3. The van der Waals surface area contributed by atoms with E-state index < -0.39 is 0 Å². The quantitative estimate of drug-likeness (QED) is 0.145. The first-order valence-corrected chi connectivity index (χ1v) is 21.1. The minimum atomic E-state index is 0.456. The van der Waals surface area contributed by atoms with E-state index in [0.717, 1.165) is 47.0 Å². The molecule has 0 aliphatic carbocycles. The van der Waals surface area contributed by atoms with E-state index in [0.29, 0.717) is 10.5 Å². The minimum absolute atomic E-state index is 0.456. The molecule has 0 fully saturated rings. The molecule has 2 aliphatic rings. The summed E-state index contributed by atoms with van der Waals surface area (Å²) < 4.78 is 0. The molecular weight excluding hydrogens is 717 g/mol. The zero-order valence-electron chi connectivity index (χ0n) is 30.9. The molecular formula is C52H40N2S2. The Labute approximate surface area is 338 Å². The van der Waals surface area contributed by atoms with Gasteiger partial charge in [-0.1, -0.05) is 121 Å². The number of rotatable bonds is 9. The van der Waals surface area contributed by atoms with Crippen LogP contribution in [0.4, 0.5) is 34.1 Å². The molecule has 0 amide bonds. The zero-order valence-corrected chi connectivity index (χ0v) is 32.5. The number of hydrogen-bond donors (Lipinski definition) is 0. The highest BCUT2D eigenvalue weighted by Crippen LogP contribution is 2.48. The molecule has 2 atom stereocenters. The van der Waals surface area contributed by atoms with Crippen LogP contribution in [0.3, 0.4) is 0 Å². The fourth-order valence-electron chi connectivity index (χ4n) is 8.07. The van der Waals surface area contributed by atoms with Crippen LogP contribution in [-0.2, 0) is 12.8 Å². The van der Waals surface area contributed by atoms with Crippen molar-refractivity contribution in [1.29, 1.82) is 0 Å². The lowest BCUT2D eigenvalue weighted by atomic mass is 10.0. The third-order valence-electron chi connectivity index (χ3n) is 11.0. The number of fused-ring (bicyclic) bond motifs is 2. The Bertz CT molecular complexity index is 2340. The molecule has 4 heteroatoms. The lowest BCUT2D eigenvalue weighted by Gasteiger charge is -2.26. The molecule has 2 unspecified atom stereocenters. The Kier molecular flexibility index (Phi) is 9.44. The highest BCUT2D eigenvalue weighted by Gasteiger charge is 2.25. The van der Waals surface area contributed by atoms with E-state index in [2.05, 4.69) is 216 Å². The normalized spacial score (nSPS) is 15.6. The number of nitrogens with zero attached hydrogens (tertiary/aromatic N) is 2. The van der Waals surface area contributed by atoms with Gasteiger partial charge in [0.2, 0.25) is 0 Å². The van der Waals surface area contributed by atoms with Crippen LogP contribution in [0.25, 0.3) is 11.1 Å². The Morgan fingerprint density at radius 2 is 0.607 bits per heavy atom. The van der Waals surface area contributed by atoms with Crippen molar-refractivity contribution in [3.8, 4) is 11.1 Å². The van der Waals surface area contributed by atoms with Crippen LogP contribution < -0.4 is 9.80 Å². The molecule has 2 nitrogen and oxygen atoms in total. The van der Waals surface area contributed by atoms with Crippen molar-refractivity contribution in [2.75, 3.05) is 9.80 Å². The van der Waals surface area contributed by atoms with E-state index in [1.165, 1.54) is 43.2 Å². The summed E-state index contributed by atoms with van der Waals surface area (Å²) >= 11 is 3.96. The van der Waals surface area contributed by atoms with E-state index in [4.69, 9.17) is 0 Å². The van der Waals surface area contributed by atoms with Crippen molar-refractivity contribution in [2.45, 2.75) is 33.1 Å². The average Bonchev–Trinajstić information content (AvgIpc) is 3.91. The maximum atomic E-state index is 2.35. The number of anilines is 6. The second-order valence-corrected chi connectivity index (χ2v) is 16.9. The monoisotopic (exact) mass is 756 g/mol. The van der Waals surface area contributed by atoms with Crippen LogP contribution in [0.5, 0.6) is 0 Å². The number of para-hydroxylation sites is 2. The number of benzene rings is 8. The predicted molar refractivity (Wildman–Crippen MR) is 239 cm³/mol. The average molecular weight is 757 g/mol. The van der Waals surface area contributed by atoms with Gasteiger partial charge < -0.3 is 9.80 Å². The van der Waals surface area contributed by atoms with Crippen LogP contribution >= 0.6 is 23.5 Å². The molecule has 56 heavy (non-hydrogen) atoms. The van der Waals surface area contributed by atoms with E-state index in [1.807, 2.05) is 23.5 Å². The van der Waals surface area contributed by atoms with E-state index in [9.17, 15) is 0 Å². The molecule has 8 aromatic carbocycles. The second-order valence-electron chi connectivity index (χ2n) is 14.5. The molecule has 2 aliphatic heterocycles. The minimum Gasteiger partial charge on any atom is -0.311 e. The predicted octanol–water partition coefficient (Wildman–Crippen LogP) is 15.1. The Morgan fingerprint density at radius 3 is 0.964 bits per heavy atom. The van der Waals surface area contributed by atoms with Crippen molar-refractivity contribution in [2.24, 2.45) is 0 Å². The standard InChI is InChI=1S/C52H40N2S2/c1-3-13-43(14-4-1)53(47-31-23-39(24-32-47)51-35-41-11-7-9-17-49(41)55-51)45-27-19-37(20-28-45)38-21-29-46(30-22-38)54(44-15-5-2-6-16-44)48-33-25-40(26-34-48)52-36-42-12-8-10-18-50(42)56-52/h1-34,51-52H,35-36H2. The summed E-state index contributed by atoms with van der Waals surface area (Å²) in [4.78, 5) is 7.51. The van der Waals surface area contributed by atoms with Crippen molar-refractivity contribution >= 4 is 57.6 Å². The molecule has 8 aromatic rings. The maximum Gasteiger partial charge on any atom is 0.0462 e. The molecule has 0 bridgehead atoms. The van der Waals surface area contributed by atoms with Crippen LogP contribution in [0.2, 0.25) is 0 Å². The highest BCUT2D eigenvalue weighted by atomic mass is 32.2. The van der Waals surface area contributed by atoms with Crippen molar-refractivity contribution in [3.63, 3.8) is 0 Å². The van der Waals surface area contributed by atoms with Gasteiger partial charge in [-0.05, 0) is 131 Å². The summed E-state index contributed by atoms with van der Waals surface area (Å²) in [5, 5.41) is 0.912. The topological polar surface area (TPSA) is 6.48 Å². The van der Waals surface area contributed by atoms with Crippen LogP contribution in [0, 0.1) is 0 Å². The third-order valence-corrected chi connectivity index (χ3v) is 13.7. The largest absolute Gasteiger partial charge is 0.311 e.